The molecule has 0 radical (unpaired) electrons. The first-order chi connectivity index (χ1) is 10.4. The minimum absolute atomic E-state index is 0.120. The molecule has 0 bridgehead atoms. The molecule has 1 aliphatic rings. The van der Waals surface area contributed by atoms with E-state index in [0.29, 0.717) is 6.54 Å². The number of aliphatic hydroxyl groups is 1. The Bertz CT molecular complexity index is 794. The van der Waals surface area contributed by atoms with E-state index in [-0.39, 0.29) is 12.5 Å². The van der Waals surface area contributed by atoms with Gasteiger partial charge in [0.1, 0.15) is 5.82 Å². The summed E-state index contributed by atoms with van der Waals surface area (Å²) < 4.78 is 2.14. The molecule has 1 unspecified atom stereocenters. The van der Waals surface area contributed by atoms with E-state index in [1.54, 1.807) is 0 Å². The number of aliphatic hydroxyl groups excluding tert-OH is 1. The molecule has 0 amide bonds. The minimum atomic E-state index is 0.120. The molecule has 2 aromatic carbocycles. The van der Waals surface area contributed by atoms with Crippen LogP contribution in [0.2, 0.25) is 0 Å². The molecule has 106 valence electrons. The molecule has 0 aliphatic carbocycles. The monoisotopic (exact) mass is 279 g/mol. The summed E-state index contributed by atoms with van der Waals surface area (Å²) in [5, 5.41) is 12.8. The lowest BCUT2D eigenvalue weighted by Crippen LogP contribution is -2.13. The van der Waals surface area contributed by atoms with Crippen molar-refractivity contribution in [2.24, 2.45) is 0 Å². The fraction of sp³-hybridized carbons (Fsp3) is 0.235. The van der Waals surface area contributed by atoms with Crippen molar-refractivity contribution >= 4 is 16.7 Å². The van der Waals surface area contributed by atoms with Gasteiger partial charge >= 0.3 is 0 Å². The van der Waals surface area contributed by atoms with Crippen LogP contribution in [0.15, 0.2) is 48.5 Å². The van der Waals surface area contributed by atoms with E-state index >= 15 is 0 Å². The Balaban J connectivity index is 1.89. The number of hydrogen-bond donors (Lipinski definition) is 2. The second-order valence-electron chi connectivity index (χ2n) is 5.35. The van der Waals surface area contributed by atoms with Gasteiger partial charge in [-0.2, -0.15) is 0 Å². The smallest absolute Gasteiger partial charge is 0.119 e. The van der Waals surface area contributed by atoms with Crippen LogP contribution >= 0.6 is 0 Å². The van der Waals surface area contributed by atoms with E-state index < -0.39 is 0 Å². The lowest BCUT2D eigenvalue weighted by Gasteiger charge is -2.13. The molecule has 21 heavy (non-hydrogen) atoms. The molecule has 1 aromatic heterocycles. The van der Waals surface area contributed by atoms with Gasteiger partial charge in [-0.3, -0.25) is 0 Å². The van der Waals surface area contributed by atoms with E-state index in [2.05, 4.69) is 34.1 Å². The molecule has 0 spiro atoms. The molecular weight excluding hydrogens is 262 g/mol. The molecule has 4 heteroatoms. The molecule has 2 heterocycles. The first kappa shape index (κ1) is 12.4. The number of imidazole rings is 1. The maximum atomic E-state index is 9.40. The molecule has 4 rings (SSSR count). The van der Waals surface area contributed by atoms with Crippen molar-refractivity contribution in [2.75, 3.05) is 18.5 Å². The van der Waals surface area contributed by atoms with Crippen molar-refractivity contribution in [3.63, 3.8) is 0 Å². The SMILES string of the molecule is OCCn1c(C2CNc3ccccc32)nc2ccccc21. The zero-order valence-corrected chi connectivity index (χ0v) is 11.7. The lowest BCUT2D eigenvalue weighted by molar-refractivity contribution is 0.275. The summed E-state index contributed by atoms with van der Waals surface area (Å²) in [4.78, 5) is 4.82. The molecule has 0 fully saturated rings. The van der Waals surface area contributed by atoms with Crippen molar-refractivity contribution < 1.29 is 5.11 Å². The van der Waals surface area contributed by atoms with Gasteiger partial charge in [0.2, 0.25) is 0 Å². The van der Waals surface area contributed by atoms with Crippen molar-refractivity contribution in [3.05, 3.63) is 59.9 Å². The van der Waals surface area contributed by atoms with Crippen LogP contribution in [-0.4, -0.2) is 27.8 Å². The van der Waals surface area contributed by atoms with Crippen molar-refractivity contribution in [1.29, 1.82) is 0 Å². The highest BCUT2D eigenvalue weighted by molar-refractivity contribution is 5.76. The quantitative estimate of drug-likeness (QED) is 0.775. The Morgan fingerprint density at radius 3 is 2.86 bits per heavy atom. The number of aromatic nitrogens is 2. The lowest BCUT2D eigenvalue weighted by atomic mass is 10.0. The summed E-state index contributed by atoms with van der Waals surface area (Å²) in [5.74, 6) is 1.27. The number of rotatable bonds is 3. The third-order valence-corrected chi connectivity index (χ3v) is 4.15. The zero-order valence-electron chi connectivity index (χ0n) is 11.7. The number of nitrogens with one attached hydrogen (secondary N) is 1. The topological polar surface area (TPSA) is 50.1 Å². The average molecular weight is 279 g/mol. The maximum Gasteiger partial charge on any atom is 0.119 e. The zero-order chi connectivity index (χ0) is 14.2. The first-order valence-electron chi connectivity index (χ1n) is 7.27. The van der Waals surface area contributed by atoms with Crippen LogP contribution in [0.1, 0.15) is 17.3 Å². The van der Waals surface area contributed by atoms with Crippen LogP contribution in [0.4, 0.5) is 5.69 Å². The van der Waals surface area contributed by atoms with E-state index in [0.717, 1.165) is 23.4 Å². The minimum Gasteiger partial charge on any atom is -0.395 e. The predicted octanol–water partition coefficient (Wildman–Crippen LogP) is 2.59. The van der Waals surface area contributed by atoms with Gasteiger partial charge in [-0.25, -0.2) is 4.98 Å². The Labute approximate surface area is 123 Å². The second-order valence-corrected chi connectivity index (χ2v) is 5.35. The van der Waals surface area contributed by atoms with Gasteiger partial charge < -0.3 is 15.0 Å². The third-order valence-electron chi connectivity index (χ3n) is 4.15. The molecule has 1 aliphatic heterocycles. The number of fused-ring (bicyclic) bond motifs is 2. The third kappa shape index (κ3) is 1.91. The van der Waals surface area contributed by atoms with Crippen LogP contribution in [0.3, 0.4) is 0 Å². The van der Waals surface area contributed by atoms with E-state index in [4.69, 9.17) is 4.98 Å². The largest absolute Gasteiger partial charge is 0.395 e. The average Bonchev–Trinajstić information content (AvgIpc) is 3.09. The number of nitrogens with zero attached hydrogens (tertiary/aromatic N) is 2. The van der Waals surface area contributed by atoms with Gasteiger partial charge in [-0.15, -0.1) is 0 Å². The van der Waals surface area contributed by atoms with Gasteiger partial charge in [-0.05, 0) is 23.8 Å². The molecule has 0 saturated heterocycles. The molecule has 1 atom stereocenters. The van der Waals surface area contributed by atoms with E-state index in [1.807, 2.05) is 24.3 Å². The molecule has 3 aromatic rings. The Kier molecular flexibility index (Phi) is 2.89. The van der Waals surface area contributed by atoms with E-state index in [9.17, 15) is 5.11 Å². The van der Waals surface area contributed by atoms with Crippen LogP contribution < -0.4 is 5.32 Å². The van der Waals surface area contributed by atoms with Gasteiger partial charge in [0.05, 0.1) is 23.6 Å². The fourth-order valence-corrected chi connectivity index (χ4v) is 3.21. The fourth-order valence-electron chi connectivity index (χ4n) is 3.21. The van der Waals surface area contributed by atoms with Crippen LogP contribution in [-0.2, 0) is 6.54 Å². The van der Waals surface area contributed by atoms with Gasteiger partial charge in [0.25, 0.3) is 0 Å². The predicted molar refractivity (Wildman–Crippen MR) is 83.6 cm³/mol. The molecule has 2 N–H and O–H groups in total. The highest BCUT2D eigenvalue weighted by Crippen LogP contribution is 2.36. The summed E-state index contributed by atoms with van der Waals surface area (Å²) in [6, 6.07) is 16.5. The summed E-state index contributed by atoms with van der Waals surface area (Å²) in [6.07, 6.45) is 0. The highest BCUT2D eigenvalue weighted by Gasteiger charge is 2.28. The highest BCUT2D eigenvalue weighted by atomic mass is 16.3. The maximum absolute atomic E-state index is 9.40. The summed E-state index contributed by atoms with van der Waals surface area (Å²) >= 11 is 0. The number of hydrogen-bond acceptors (Lipinski definition) is 3. The Morgan fingerprint density at radius 1 is 1.14 bits per heavy atom. The number of para-hydroxylation sites is 3. The number of benzene rings is 2. The number of anilines is 1. The standard InChI is InChI=1S/C17H17N3O/c21-10-9-20-16-8-4-3-7-15(16)19-17(20)13-11-18-14-6-2-1-5-12(13)14/h1-8,13,18,21H,9-11H2. The Morgan fingerprint density at radius 2 is 1.95 bits per heavy atom. The molecule has 0 saturated carbocycles. The van der Waals surface area contributed by atoms with Crippen molar-refractivity contribution in [2.45, 2.75) is 12.5 Å². The Hall–Kier alpha value is -2.33. The summed E-state index contributed by atoms with van der Waals surface area (Å²) in [5.41, 5.74) is 4.55. The summed E-state index contributed by atoms with van der Waals surface area (Å²) in [7, 11) is 0. The molecular formula is C17H17N3O. The van der Waals surface area contributed by atoms with Crippen molar-refractivity contribution in [3.8, 4) is 0 Å². The van der Waals surface area contributed by atoms with Crippen LogP contribution in [0, 0.1) is 0 Å². The van der Waals surface area contributed by atoms with E-state index in [1.165, 1.54) is 11.3 Å². The first-order valence-corrected chi connectivity index (χ1v) is 7.27. The normalized spacial score (nSPS) is 16.9. The van der Waals surface area contributed by atoms with Gasteiger partial charge in [0.15, 0.2) is 0 Å². The molecule has 4 nitrogen and oxygen atoms in total. The van der Waals surface area contributed by atoms with Crippen LogP contribution in [0.5, 0.6) is 0 Å². The van der Waals surface area contributed by atoms with Crippen LogP contribution in [0.25, 0.3) is 11.0 Å². The van der Waals surface area contributed by atoms with Crippen molar-refractivity contribution in [1.82, 2.24) is 9.55 Å². The van der Waals surface area contributed by atoms with Gasteiger partial charge in [0, 0.05) is 18.8 Å². The van der Waals surface area contributed by atoms with Gasteiger partial charge in [-0.1, -0.05) is 30.3 Å². The summed E-state index contributed by atoms with van der Waals surface area (Å²) in [6.45, 7) is 1.55. The second kappa shape index (κ2) is 4.90.